The Balaban J connectivity index is 1.95. The van der Waals surface area contributed by atoms with E-state index in [1.807, 2.05) is 13.0 Å². The first-order chi connectivity index (χ1) is 13.7. The summed E-state index contributed by atoms with van der Waals surface area (Å²) in [4.78, 5) is 26.8. The fourth-order valence-corrected chi connectivity index (χ4v) is 4.81. The lowest BCUT2D eigenvalue weighted by Crippen LogP contribution is -2.16. The molecule has 1 aliphatic carbocycles. The van der Waals surface area contributed by atoms with E-state index in [2.05, 4.69) is 5.32 Å². The van der Waals surface area contributed by atoms with Crippen LogP contribution in [0.4, 0.5) is 5.00 Å². The average Bonchev–Trinajstić information content (AvgIpc) is 2.99. The fraction of sp³-hybridized carbons (Fsp3) is 0.455. The molecule has 0 spiro atoms. The van der Waals surface area contributed by atoms with Gasteiger partial charge in [0, 0.05) is 4.88 Å². The van der Waals surface area contributed by atoms with Gasteiger partial charge in [0.25, 0.3) is 5.91 Å². The summed E-state index contributed by atoms with van der Waals surface area (Å²) in [6, 6.07) is 7.15. The average molecular weight is 402 g/mol. The number of rotatable bonds is 6. The molecule has 1 heterocycles. The van der Waals surface area contributed by atoms with Gasteiger partial charge in [-0.15, -0.1) is 11.3 Å². The van der Waals surface area contributed by atoms with E-state index in [9.17, 15) is 9.59 Å². The number of aryl methyl sites for hydroxylation is 1. The summed E-state index contributed by atoms with van der Waals surface area (Å²) in [5.74, 6) is -0.0899. The Morgan fingerprint density at radius 3 is 2.54 bits per heavy atom. The molecule has 1 aliphatic rings. The van der Waals surface area contributed by atoms with Crippen LogP contribution < -0.4 is 10.1 Å². The summed E-state index contributed by atoms with van der Waals surface area (Å²) in [6.45, 7) is 4.47. The molecule has 0 fully saturated rings. The number of hydrogen-bond donors (Lipinski definition) is 1. The highest BCUT2D eigenvalue weighted by molar-refractivity contribution is 7.17. The molecule has 1 aromatic heterocycles. The van der Waals surface area contributed by atoms with E-state index >= 15 is 0 Å². The second-order valence-corrected chi connectivity index (χ2v) is 7.83. The number of benzene rings is 1. The van der Waals surface area contributed by atoms with Crippen LogP contribution in [0.3, 0.4) is 0 Å². The Bertz CT molecular complexity index is 843. The van der Waals surface area contributed by atoms with Gasteiger partial charge in [0.1, 0.15) is 10.8 Å². The van der Waals surface area contributed by atoms with Crippen molar-refractivity contribution in [3.8, 4) is 5.75 Å². The SMILES string of the molecule is CCOC(=O)c1c(NC(=O)c2ccccc2OCC)sc2c1CCCCCC2. The molecule has 28 heavy (non-hydrogen) atoms. The summed E-state index contributed by atoms with van der Waals surface area (Å²) in [7, 11) is 0. The first-order valence-electron chi connectivity index (χ1n) is 10.0. The number of nitrogens with one attached hydrogen (secondary N) is 1. The van der Waals surface area contributed by atoms with Gasteiger partial charge in [0.15, 0.2) is 0 Å². The van der Waals surface area contributed by atoms with Gasteiger partial charge in [-0.2, -0.15) is 0 Å². The topological polar surface area (TPSA) is 64.6 Å². The third-order valence-electron chi connectivity index (χ3n) is 4.81. The number of para-hydroxylation sites is 1. The van der Waals surface area contributed by atoms with Crippen molar-refractivity contribution in [3.63, 3.8) is 0 Å². The third-order valence-corrected chi connectivity index (χ3v) is 6.02. The maximum atomic E-state index is 13.0. The van der Waals surface area contributed by atoms with Crippen molar-refractivity contribution < 1.29 is 19.1 Å². The molecule has 5 nitrogen and oxygen atoms in total. The standard InChI is InChI=1S/C22H27NO4S/c1-3-26-17-13-10-9-11-15(17)20(24)23-21-19(22(25)27-4-2)16-12-7-5-6-8-14-18(16)28-21/h9-11,13H,3-8,12,14H2,1-2H3,(H,23,24). The minimum atomic E-state index is -0.353. The van der Waals surface area contributed by atoms with Gasteiger partial charge in [-0.3, -0.25) is 4.79 Å². The van der Waals surface area contributed by atoms with Gasteiger partial charge in [-0.05, 0) is 57.2 Å². The van der Waals surface area contributed by atoms with Crippen LogP contribution in [0.15, 0.2) is 24.3 Å². The molecule has 2 aromatic rings. The van der Waals surface area contributed by atoms with Crippen LogP contribution in [0.5, 0.6) is 5.75 Å². The highest BCUT2D eigenvalue weighted by Gasteiger charge is 2.27. The molecule has 0 atom stereocenters. The number of ether oxygens (including phenoxy) is 2. The molecule has 1 aromatic carbocycles. The number of fused-ring (bicyclic) bond motifs is 1. The van der Waals surface area contributed by atoms with Crippen LogP contribution in [0.2, 0.25) is 0 Å². The molecule has 0 bridgehead atoms. The van der Waals surface area contributed by atoms with Gasteiger partial charge < -0.3 is 14.8 Å². The molecule has 0 saturated heterocycles. The molecular formula is C22H27NO4S. The summed E-state index contributed by atoms with van der Waals surface area (Å²) in [5, 5.41) is 3.55. The maximum absolute atomic E-state index is 13.0. The highest BCUT2D eigenvalue weighted by Crippen LogP contribution is 2.38. The minimum absolute atomic E-state index is 0.274. The second-order valence-electron chi connectivity index (χ2n) is 6.73. The normalized spacial score (nSPS) is 13.8. The zero-order valence-corrected chi connectivity index (χ0v) is 17.3. The number of esters is 1. The van der Waals surface area contributed by atoms with E-state index in [4.69, 9.17) is 9.47 Å². The molecule has 0 unspecified atom stereocenters. The predicted molar refractivity (Wildman–Crippen MR) is 112 cm³/mol. The van der Waals surface area contributed by atoms with Crippen LogP contribution in [-0.2, 0) is 17.6 Å². The molecule has 3 rings (SSSR count). The zero-order chi connectivity index (χ0) is 19.9. The summed E-state index contributed by atoms with van der Waals surface area (Å²) >= 11 is 1.51. The van der Waals surface area contributed by atoms with Crippen molar-refractivity contribution in [2.75, 3.05) is 18.5 Å². The number of hydrogen-bond acceptors (Lipinski definition) is 5. The van der Waals surface area contributed by atoms with Gasteiger partial charge in [0.2, 0.25) is 0 Å². The molecule has 0 saturated carbocycles. The monoisotopic (exact) mass is 401 g/mol. The number of amides is 1. The van der Waals surface area contributed by atoms with Crippen LogP contribution >= 0.6 is 11.3 Å². The molecule has 0 aliphatic heterocycles. The Hall–Kier alpha value is -2.34. The first-order valence-corrected chi connectivity index (χ1v) is 10.8. The smallest absolute Gasteiger partial charge is 0.341 e. The first kappa shape index (κ1) is 20.4. The van der Waals surface area contributed by atoms with Crippen LogP contribution in [-0.4, -0.2) is 25.1 Å². The van der Waals surface area contributed by atoms with E-state index in [1.165, 1.54) is 29.1 Å². The number of thiophene rings is 1. The zero-order valence-electron chi connectivity index (χ0n) is 16.5. The lowest BCUT2D eigenvalue weighted by molar-refractivity contribution is 0.0526. The highest BCUT2D eigenvalue weighted by atomic mass is 32.1. The van der Waals surface area contributed by atoms with Gasteiger partial charge in [-0.1, -0.05) is 25.0 Å². The van der Waals surface area contributed by atoms with Crippen molar-refractivity contribution in [2.24, 2.45) is 0 Å². The van der Waals surface area contributed by atoms with Crippen molar-refractivity contribution in [3.05, 3.63) is 45.8 Å². The molecule has 1 N–H and O–H groups in total. The Labute approximate surface area is 170 Å². The largest absolute Gasteiger partial charge is 0.493 e. The van der Waals surface area contributed by atoms with Crippen LogP contribution in [0.25, 0.3) is 0 Å². The Kier molecular flexibility index (Phi) is 7.09. The second kappa shape index (κ2) is 9.73. The van der Waals surface area contributed by atoms with E-state index in [0.717, 1.165) is 31.2 Å². The lowest BCUT2D eigenvalue weighted by atomic mass is 9.96. The summed E-state index contributed by atoms with van der Waals surface area (Å²) < 4.78 is 10.9. The predicted octanol–water partition coefficient (Wildman–Crippen LogP) is 5.23. The van der Waals surface area contributed by atoms with Crippen molar-refractivity contribution in [2.45, 2.75) is 52.4 Å². The Morgan fingerprint density at radius 2 is 1.79 bits per heavy atom. The lowest BCUT2D eigenvalue weighted by Gasteiger charge is -2.12. The van der Waals surface area contributed by atoms with E-state index in [0.29, 0.717) is 35.1 Å². The van der Waals surface area contributed by atoms with Crippen LogP contribution in [0, 0.1) is 0 Å². The molecule has 150 valence electrons. The van der Waals surface area contributed by atoms with Gasteiger partial charge in [0.05, 0.1) is 24.3 Å². The summed E-state index contributed by atoms with van der Waals surface area (Å²) in [5.41, 5.74) is 2.04. The van der Waals surface area contributed by atoms with Gasteiger partial charge >= 0.3 is 5.97 Å². The van der Waals surface area contributed by atoms with Gasteiger partial charge in [-0.25, -0.2) is 4.79 Å². The minimum Gasteiger partial charge on any atom is -0.493 e. The number of carbonyl (C=O) groups excluding carboxylic acids is 2. The van der Waals surface area contributed by atoms with Crippen LogP contribution in [0.1, 0.15) is 70.7 Å². The molecule has 1 amide bonds. The molecule has 0 radical (unpaired) electrons. The summed E-state index contributed by atoms with van der Waals surface area (Å²) in [6.07, 6.45) is 6.33. The number of anilines is 1. The van der Waals surface area contributed by atoms with E-state index in [-0.39, 0.29) is 11.9 Å². The van der Waals surface area contributed by atoms with Crippen molar-refractivity contribution in [1.82, 2.24) is 0 Å². The number of carbonyl (C=O) groups is 2. The molecule has 6 heteroatoms. The maximum Gasteiger partial charge on any atom is 0.341 e. The van der Waals surface area contributed by atoms with E-state index in [1.54, 1.807) is 25.1 Å². The third kappa shape index (κ3) is 4.55. The fourth-order valence-electron chi connectivity index (χ4n) is 3.53. The quantitative estimate of drug-likeness (QED) is 0.673. The van der Waals surface area contributed by atoms with Crippen molar-refractivity contribution in [1.29, 1.82) is 0 Å². The van der Waals surface area contributed by atoms with E-state index < -0.39 is 0 Å². The molecular weight excluding hydrogens is 374 g/mol. The van der Waals surface area contributed by atoms with Crippen molar-refractivity contribution >= 4 is 28.2 Å². The Morgan fingerprint density at radius 1 is 1.04 bits per heavy atom.